The molecular formula is C14H6F10O10. The Morgan fingerprint density at radius 2 is 0.824 bits per heavy atom. The molecule has 1 aliphatic carbocycles. The molecule has 20 heteroatoms. The van der Waals surface area contributed by atoms with E-state index in [2.05, 4.69) is 9.47 Å². The Hall–Kier alpha value is -3.42. The summed E-state index contributed by atoms with van der Waals surface area (Å²) in [5.74, 6) is -12.5. The van der Waals surface area contributed by atoms with Crippen LogP contribution in [0.4, 0.5) is 43.9 Å². The van der Waals surface area contributed by atoms with Crippen LogP contribution in [0.2, 0.25) is 0 Å². The molecule has 2 atom stereocenters. The first-order valence-corrected chi connectivity index (χ1v) is 7.57. The second-order valence-corrected chi connectivity index (χ2v) is 6.04. The largest absolute Gasteiger partial charge is 0.483 e. The summed E-state index contributed by atoms with van der Waals surface area (Å²) in [5.41, 5.74) is -14.9. The molecule has 0 radical (unpaired) electrons. The molecule has 0 saturated carbocycles. The maximum atomic E-state index is 13.4. The Morgan fingerprint density at radius 3 is 0.971 bits per heavy atom. The predicted octanol–water partition coefficient (Wildman–Crippen LogP) is 2.01. The van der Waals surface area contributed by atoms with E-state index in [0.717, 1.165) is 0 Å². The molecule has 1 rings (SSSR count). The van der Waals surface area contributed by atoms with E-state index in [1.165, 1.54) is 0 Å². The zero-order chi connectivity index (χ0) is 27.3. The summed E-state index contributed by atoms with van der Waals surface area (Å²) < 4.78 is 135. The molecule has 2 unspecified atom stereocenters. The van der Waals surface area contributed by atoms with E-state index in [1.54, 1.807) is 0 Å². The predicted molar refractivity (Wildman–Crippen MR) is 76.3 cm³/mol. The van der Waals surface area contributed by atoms with Gasteiger partial charge in [0.25, 0.3) is 0 Å². The molecule has 10 nitrogen and oxygen atoms in total. The number of rotatable bonds is 8. The summed E-state index contributed by atoms with van der Waals surface area (Å²) in [6.45, 7) is 0. The smallest absolute Gasteiger partial charge is 0.479 e. The van der Waals surface area contributed by atoms with Crippen LogP contribution in [-0.4, -0.2) is 80.1 Å². The molecule has 0 amide bonds. The summed E-state index contributed by atoms with van der Waals surface area (Å²) >= 11 is 0. The second kappa shape index (κ2) is 8.11. The van der Waals surface area contributed by atoms with E-state index in [0.29, 0.717) is 0 Å². The molecule has 0 fully saturated rings. The van der Waals surface area contributed by atoms with Crippen LogP contribution < -0.4 is 0 Å². The first kappa shape index (κ1) is 28.6. The van der Waals surface area contributed by atoms with Crippen molar-refractivity contribution in [3.63, 3.8) is 0 Å². The molecule has 0 aromatic heterocycles. The van der Waals surface area contributed by atoms with Gasteiger partial charge >= 0.3 is 48.4 Å². The SMILES string of the molecule is O=C(O)C1=CC(OC(F)(F)C(F)(F)F)(C(=O)O)C(C(=O)O)=CC1(OC(F)(F)C(F)(F)F)C(=O)O. The third kappa shape index (κ3) is 4.62. The maximum absolute atomic E-state index is 13.4. The van der Waals surface area contributed by atoms with E-state index in [-0.39, 0.29) is 0 Å². The Balaban J connectivity index is 4.14. The van der Waals surface area contributed by atoms with Gasteiger partial charge in [0, 0.05) is 0 Å². The van der Waals surface area contributed by atoms with Gasteiger partial charge in [-0.1, -0.05) is 0 Å². The Labute approximate surface area is 177 Å². The standard InChI is InChI=1S/C14H6F10O10/c15-11(16,17)13(21,22)33-9(7(29)30)1-3(5(25)26)10(8(31)32,2-4(9)6(27)28)34-14(23,24)12(18,19)20/h1-2H,(H,25,26)(H,27,28)(H,29,30)(H,31,32). The quantitative estimate of drug-likeness (QED) is 0.345. The summed E-state index contributed by atoms with van der Waals surface area (Å²) in [6, 6.07) is 0. The minimum Gasteiger partial charge on any atom is -0.479 e. The lowest BCUT2D eigenvalue weighted by atomic mass is 9.76. The lowest BCUT2D eigenvalue weighted by molar-refractivity contribution is -0.408. The average molecular weight is 524 g/mol. The van der Waals surface area contributed by atoms with Crippen LogP contribution in [0.15, 0.2) is 23.3 Å². The van der Waals surface area contributed by atoms with Gasteiger partial charge < -0.3 is 20.4 Å². The molecule has 0 heterocycles. The normalized spacial score (nSPS) is 24.2. The molecule has 0 aromatic rings. The number of halogens is 10. The van der Waals surface area contributed by atoms with Crippen molar-refractivity contribution in [2.45, 2.75) is 35.8 Å². The molecule has 34 heavy (non-hydrogen) atoms. The Bertz CT molecular complexity index is 901. The minimum absolute atomic E-state index is 1.15. The molecular weight excluding hydrogens is 518 g/mol. The van der Waals surface area contributed by atoms with Crippen LogP contribution in [0.25, 0.3) is 0 Å². The van der Waals surface area contributed by atoms with Crippen molar-refractivity contribution in [2.75, 3.05) is 0 Å². The third-order valence-electron chi connectivity index (χ3n) is 3.83. The van der Waals surface area contributed by atoms with Crippen molar-refractivity contribution in [3.05, 3.63) is 23.3 Å². The van der Waals surface area contributed by atoms with Gasteiger partial charge in [0.2, 0.25) is 11.2 Å². The lowest BCUT2D eigenvalue weighted by Gasteiger charge is -2.40. The van der Waals surface area contributed by atoms with E-state index in [1.807, 2.05) is 0 Å². The van der Waals surface area contributed by atoms with Crippen molar-refractivity contribution in [1.82, 2.24) is 0 Å². The number of hydrogen-bond acceptors (Lipinski definition) is 6. The monoisotopic (exact) mass is 524 g/mol. The van der Waals surface area contributed by atoms with Crippen molar-refractivity contribution < 1.29 is 93.0 Å². The van der Waals surface area contributed by atoms with Crippen molar-refractivity contribution in [3.8, 4) is 0 Å². The van der Waals surface area contributed by atoms with Crippen molar-refractivity contribution >= 4 is 23.9 Å². The fraction of sp³-hybridized carbons (Fsp3) is 0.429. The van der Waals surface area contributed by atoms with Gasteiger partial charge in [0.05, 0.1) is 11.1 Å². The molecule has 0 aromatic carbocycles. The highest BCUT2D eigenvalue weighted by Gasteiger charge is 2.70. The van der Waals surface area contributed by atoms with E-state index in [4.69, 9.17) is 20.4 Å². The molecule has 0 spiro atoms. The Kier molecular flexibility index (Phi) is 6.83. The molecule has 0 bridgehead atoms. The zero-order valence-electron chi connectivity index (χ0n) is 15.2. The summed E-state index contributed by atoms with van der Waals surface area (Å²) in [6.07, 6.45) is -29.2. The van der Waals surface area contributed by atoms with Gasteiger partial charge in [-0.15, -0.1) is 0 Å². The molecule has 0 saturated heterocycles. The molecule has 0 aliphatic heterocycles. The number of hydrogen-bond donors (Lipinski definition) is 4. The average Bonchev–Trinajstić information content (AvgIpc) is 2.59. The minimum atomic E-state index is -6.82. The lowest BCUT2D eigenvalue weighted by Crippen LogP contribution is -2.60. The number of carbonyl (C=O) groups is 4. The van der Waals surface area contributed by atoms with Gasteiger partial charge in [-0.25, -0.2) is 19.2 Å². The number of carboxylic acids is 4. The number of alkyl halides is 10. The molecule has 192 valence electrons. The van der Waals surface area contributed by atoms with Crippen molar-refractivity contribution in [1.29, 1.82) is 0 Å². The fourth-order valence-corrected chi connectivity index (χ4v) is 2.35. The van der Waals surface area contributed by atoms with Gasteiger partial charge in [-0.2, -0.15) is 43.9 Å². The van der Waals surface area contributed by atoms with Crippen molar-refractivity contribution in [2.24, 2.45) is 0 Å². The van der Waals surface area contributed by atoms with Gasteiger partial charge in [-0.3, -0.25) is 9.47 Å². The molecule has 1 aliphatic rings. The Morgan fingerprint density at radius 1 is 0.588 bits per heavy atom. The highest BCUT2D eigenvalue weighted by molar-refractivity contribution is 6.08. The third-order valence-corrected chi connectivity index (χ3v) is 3.83. The highest BCUT2D eigenvalue weighted by Crippen LogP contribution is 2.49. The van der Waals surface area contributed by atoms with Crippen LogP contribution in [0.1, 0.15) is 0 Å². The fourth-order valence-electron chi connectivity index (χ4n) is 2.35. The zero-order valence-corrected chi connectivity index (χ0v) is 15.2. The van der Waals surface area contributed by atoms with E-state index in [9.17, 15) is 63.1 Å². The van der Waals surface area contributed by atoms with Gasteiger partial charge in [0.1, 0.15) is 0 Å². The number of carboxylic acid groups (broad SMARTS) is 4. The number of ether oxygens (including phenoxy) is 2. The molecule has 4 N–H and O–H groups in total. The van der Waals surface area contributed by atoms with Crippen LogP contribution >= 0.6 is 0 Å². The van der Waals surface area contributed by atoms with E-state index >= 15 is 0 Å². The van der Waals surface area contributed by atoms with Gasteiger partial charge in [0.15, 0.2) is 0 Å². The first-order chi connectivity index (χ1) is 14.9. The van der Waals surface area contributed by atoms with Crippen LogP contribution in [-0.2, 0) is 28.7 Å². The highest BCUT2D eigenvalue weighted by atomic mass is 19.4. The topological polar surface area (TPSA) is 168 Å². The number of aliphatic carboxylic acids is 4. The first-order valence-electron chi connectivity index (χ1n) is 7.57. The van der Waals surface area contributed by atoms with Crippen LogP contribution in [0.3, 0.4) is 0 Å². The van der Waals surface area contributed by atoms with Gasteiger partial charge in [-0.05, 0) is 12.2 Å². The van der Waals surface area contributed by atoms with Crippen LogP contribution in [0.5, 0.6) is 0 Å². The summed E-state index contributed by atoms with van der Waals surface area (Å²) in [5, 5.41) is 36.3. The van der Waals surface area contributed by atoms with Crippen LogP contribution in [0, 0.1) is 0 Å². The second-order valence-electron chi connectivity index (χ2n) is 6.04. The maximum Gasteiger partial charge on any atom is 0.483 e. The summed E-state index contributed by atoms with van der Waals surface area (Å²) in [7, 11) is 0. The summed E-state index contributed by atoms with van der Waals surface area (Å²) in [4.78, 5) is 45.8. The van der Waals surface area contributed by atoms with E-state index < -0.39 is 82.9 Å².